The van der Waals surface area contributed by atoms with Crippen LogP contribution in [0.2, 0.25) is 19.1 Å². The van der Waals surface area contributed by atoms with Crippen LogP contribution in [0.25, 0.3) is 0 Å². The minimum atomic E-state index is -1.33. The monoisotopic (exact) mass is 231 g/mol. The van der Waals surface area contributed by atoms with Crippen LogP contribution in [0.5, 0.6) is 0 Å². The Kier molecular flexibility index (Phi) is 5.19. The maximum absolute atomic E-state index is 4.49. The third-order valence-corrected chi connectivity index (χ3v) is 5.96. The van der Waals surface area contributed by atoms with Crippen LogP contribution < -0.4 is 5.32 Å². The lowest BCUT2D eigenvalue weighted by molar-refractivity contribution is 1.16. The van der Waals surface area contributed by atoms with Gasteiger partial charge in [-0.1, -0.05) is 43.5 Å². The van der Waals surface area contributed by atoms with Crippen LogP contribution in [-0.4, -0.2) is 13.1 Å². The highest BCUT2D eigenvalue weighted by atomic mass is 28.3. The summed E-state index contributed by atoms with van der Waals surface area (Å²) in [5.74, 6) is 0. The topological polar surface area (TPSA) is 12.9 Å². The first-order valence-corrected chi connectivity index (χ1v) is 9.07. The van der Waals surface area contributed by atoms with Gasteiger partial charge in [-0.25, -0.2) is 0 Å². The number of allylic oxidation sites excluding steroid dienone is 4. The molecule has 0 N–H and O–H groups in total. The number of hydrogen-bond acceptors (Lipinski definition) is 1. The van der Waals surface area contributed by atoms with E-state index in [1.165, 1.54) is 11.4 Å². The van der Waals surface area contributed by atoms with Gasteiger partial charge >= 0.3 is 0 Å². The molecule has 0 bridgehead atoms. The van der Waals surface area contributed by atoms with E-state index in [0.29, 0.717) is 0 Å². The number of rotatable bonds is 5. The highest BCUT2D eigenvalue weighted by molar-refractivity contribution is 6.89. The first-order valence-electron chi connectivity index (χ1n) is 5.86. The number of hydrogen-bond donors (Lipinski definition) is 0. The van der Waals surface area contributed by atoms with Crippen molar-refractivity contribution in [1.82, 2.24) is 4.98 Å². The third kappa shape index (κ3) is 4.15. The van der Waals surface area contributed by atoms with Gasteiger partial charge < -0.3 is 0 Å². The molecule has 0 aliphatic heterocycles. The Balaban J connectivity index is 2.52. The van der Waals surface area contributed by atoms with Crippen molar-refractivity contribution < 1.29 is 0 Å². The largest absolute Gasteiger partial charge is 0.266 e. The second-order valence-corrected chi connectivity index (χ2v) is 9.37. The van der Waals surface area contributed by atoms with Gasteiger partial charge in [0.15, 0.2) is 0 Å². The van der Waals surface area contributed by atoms with E-state index in [-0.39, 0.29) is 0 Å². The second-order valence-electron chi connectivity index (χ2n) is 4.59. The fraction of sp³-hybridized carbons (Fsp3) is 0.357. The van der Waals surface area contributed by atoms with Crippen LogP contribution in [0, 0.1) is 0 Å². The van der Waals surface area contributed by atoms with Gasteiger partial charge in [0.1, 0.15) is 8.07 Å². The van der Waals surface area contributed by atoms with Gasteiger partial charge in [0.2, 0.25) is 0 Å². The minimum Gasteiger partial charge on any atom is -0.266 e. The second kappa shape index (κ2) is 6.43. The molecule has 1 rings (SSSR count). The van der Waals surface area contributed by atoms with Crippen LogP contribution in [0.3, 0.4) is 0 Å². The smallest absolute Gasteiger partial charge is 0.105 e. The van der Waals surface area contributed by atoms with E-state index in [1.807, 2.05) is 19.2 Å². The normalized spacial score (nSPS) is 12.7. The summed E-state index contributed by atoms with van der Waals surface area (Å²) in [4.78, 5) is 4.49. The van der Waals surface area contributed by atoms with Crippen LogP contribution in [0.4, 0.5) is 0 Å². The molecule has 0 atom stereocenters. The Morgan fingerprint density at radius 3 is 2.69 bits per heavy atom. The van der Waals surface area contributed by atoms with Crippen LogP contribution in [0.15, 0.2) is 48.7 Å². The zero-order valence-corrected chi connectivity index (χ0v) is 11.5. The molecule has 0 aromatic carbocycles. The summed E-state index contributed by atoms with van der Waals surface area (Å²) in [6.07, 6.45) is 11.6. The number of aromatic nitrogens is 1. The first kappa shape index (κ1) is 12.9. The molecule has 0 amide bonds. The molecule has 0 saturated heterocycles. The Morgan fingerprint density at radius 1 is 1.25 bits per heavy atom. The molecule has 16 heavy (non-hydrogen) atoms. The van der Waals surface area contributed by atoms with Crippen molar-refractivity contribution in [2.75, 3.05) is 0 Å². The lowest BCUT2D eigenvalue weighted by atomic mass is 10.4. The van der Waals surface area contributed by atoms with Gasteiger partial charge in [0.25, 0.3) is 0 Å². The van der Waals surface area contributed by atoms with Crippen LogP contribution in [0.1, 0.15) is 13.3 Å². The lowest BCUT2D eigenvalue weighted by Crippen LogP contribution is -2.42. The summed E-state index contributed by atoms with van der Waals surface area (Å²) in [5, 5.41) is 1.31. The van der Waals surface area contributed by atoms with Gasteiger partial charge in [0, 0.05) is 11.5 Å². The van der Waals surface area contributed by atoms with Crippen LogP contribution >= 0.6 is 0 Å². The van der Waals surface area contributed by atoms with Crippen molar-refractivity contribution in [3.63, 3.8) is 0 Å². The fourth-order valence-corrected chi connectivity index (χ4v) is 3.74. The first-order chi connectivity index (χ1) is 7.67. The highest BCUT2D eigenvalue weighted by Crippen LogP contribution is 2.11. The van der Waals surface area contributed by atoms with Crippen molar-refractivity contribution in [2.45, 2.75) is 32.5 Å². The molecule has 86 valence electrons. The van der Waals surface area contributed by atoms with Gasteiger partial charge in [-0.05, 0) is 31.5 Å². The van der Waals surface area contributed by atoms with Gasteiger partial charge in [-0.3, -0.25) is 4.98 Å². The Labute approximate surface area is 99.9 Å². The molecule has 0 spiro atoms. The zero-order valence-electron chi connectivity index (χ0n) is 10.5. The van der Waals surface area contributed by atoms with Gasteiger partial charge in [0.05, 0.1) is 0 Å². The van der Waals surface area contributed by atoms with Crippen molar-refractivity contribution in [3.8, 4) is 0 Å². The molecule has 1 heterocycles. The standard InChI is InChI=1S/C14H21NSi/c1-4-5-6-7-10-13-16(2,3)14-11-8-9-12-15-14/h4-9,11-12H,10,13H2,1-3H3/b5-4+,7-6+. The maximum atomic E-state index is 4.49. The van der Waals surface area contributed by atoms with E-state index in [9.17, 15) is 0 Å². The zero-order chi connectivity index (χ0) is 11.9. The summed E-state index contributed by atoms with van der Waals surface area (Å²) in [6, 6.07) is 7.51. The number of nitrogens with zero attached hydrogens (tertiary/aromatic N) is 1. The summed E-state index contributed by atoms with van der Waals surface area (Å²) in [5.41, 5.74) is 0. The van der Waals surface area contributed by atoms with E-state index < -0.39 is 8.07 Å². The molecule has 0 radical (unpaired) electrons. The molecular weight excluding hydrogens is 210 g/mol. The van der Waals surface area contributed by atoms with Crippen molar-refractivity contribution in [2.24, 2.45) is 0 Å². The fourth-order valence-electron chi connectivity index (χ4n) is 1.62. The predicted molar refractivity (Wildman–Crippen MR) is 74.7 cm³/mol. The molecule has 1 nitrogen and oxygen atoms in total. The summed E-state index contributed by atoms with van der Waals surface area (Å²) >= 11 is 0. The molecule has 0 aliphatic rings. The van der Waals surface area contributed by atoms with Crippen molar-refractivity contribution in [1.29, 1.82) is 0 Å². The van der Waals surface area contributed by atoms with Gasteiger partial charge in [-0.15, -0.1) is 0 Å². The van der Waals surface area contributed by atoms with E-state index in [1.54, 1.807) is 0 Å². The Morgan fingerprint density at radius 2 is 2.06 bits per heavy atom. The highest BCUT2D eigenvalue weighted by Gasteiger charge is 2.23. The molecule has 1 aromatic heterocycles. The van der Waals surface area contributed by atoms with E-state index >= 15 is 0 Å². The summed E-state index contributed by atoms with van der Waals surface area (Å²) in [7, 11) is -1.33. The maximum Gasteiger partial charge on any atom is 0.105 e. The Bertz CT molecular complexity index is 352. The van der Waals surface area contributed by atoms with Crippen molar-refractivity contribution >= 4 is 13.4 Å². The molecule has 0 fully saturated rings. The third-order valence-electron chi connectivity index (χ3n) is 2.73. The van der Waals surface area contributed by atoms with Crippen LogP contribution in [-0.2, 0) is 0 Å². The quantitative estimate of drug-likeness (QED) is 0.558. The molecule has 2 heteroatoms. The summed E-state index contributed by atoms with van der Waals surface area (Å²) in [6.45, 7) is 6.81. The lowest BCUT2D eigenvalue weighted by Gasteiger charge is -2.20. The summed E-state index contributed by atoms with van der Waals surface area (Å²) < 4.78 is 0. The predicted octanol–water partition coefficient (Wildman–Crippen LogP) is 3.52. The van der Waals surface area contributed by atoms with E-state index in [2.05, 4.69) is 54.5 Å². The average Bonchev–Trinajstić information content (AvgIpc) is 2.30. The van der Waals surface area contributed by atoms with E-state index in [4.69, 9.17) is 0 Å². The molecule has 0 aliphatic carbocycles. The van der Waals surface area contributed by atoms with Gasteiger partial charge in [-0.2, -0.15) is 0 Å². The van der Waals surface area contributed by atoms with E-state index in [0.717, 1.165) is 6.42 Å². The molecule has 0 saturated carbocycles. The molecule has 0 unspecified atom stereocenters. The molecule has 1 aromatic rings. The number of pyridine rings is 1. The van der Waals surface area contributed by atoms with Crippen molar-refractivity contribution in [3.05, 3.63) is 48.7 Å². The minimum absolute atomic E-state index is 1.15. The molecular formula is C14H21NSi. The average molecular weight is 231 g/mol. The SMILES string of the molecule is C/C=C/C=C/CC[Si](C)(C)c1ccccn1. The Hall–Kier alpha value is -1.15.